The maximum Gasteiger partial charge on any atom is 0.307 e. The molecular formula is C21H21ClN2O3. The first kappa shape index (κ1) is 17.0. The summed E-state index contributed by atoms with van der Waals surface area (Å²) >= 11 is 6.18. The van der Waals surface area contributed by atoms with Crippen LogP contribution in [0.4, 0.5) is 0 Å². The molecule has 2 saturated carbocycles. The van der Waals surface area contributed by atoms with Crippen LogP contribution in [0.25, 0.3) is 10.9 Å². The number of halogens is 1. The van der Waals surface area contributed by atoms with Crippen molar-refractivity contribution in [2.45, 2.75) is 38.0 Å². The van der Waals surface area contributed by atoms with E-state index in [-0.39, 0.29) is 17.2 Å². The second-order valence-electron chi connectivity index (χ2n) is 8.28. The second-order valence-corrected chi connectivity index (χ2v) is 8.72. The van der Waals surface area contributed by atoms with Crippen LogP contribution in [0.5, 0.6) is 0 Å². The first-order valence-corrected chi connectivity index (χ1v) is 9.97. The van der Waals surface area contributed by atoms with Gasteiger partial charge in [-0.15, -0.1) is 0 Å². The molecule has 6 heteroatoms. The number of carboxylic acids is 1. The van der Waals surface area contributed by atoms with Crippen LogP contribution in [0, 0.1) is 11.3 Å². The number of carbonyl (C=O) groups excluding carboxylic acids is 1. The molecule has 1 amide bonds. The van der Waals surface area contributed by atoms with Crippen LogP contribution in [-0.4, -0.2) is 40.0 Å². The molecule has 140 valence electrons. The average molecular weight is 385 g/mol. The van der Waals surface area contributed by atoms with Gasteiger partial charge in [-0.2, -0.15) is 0 Å². The maximum absolute atomic E-state index is 13.3. The minimum Gasteiger partial charge on any atom is -0.481 e. The molecule has 1 unspecified atom stereocenters. The molecule has 0 radical (unpaired) electrons. The van der Waals surface area contributed by atoms with Crippen molar-refractivity contribution in [2.24, 2.45) is 11.3 Å². The van der Waals surface area contributed by atoms with E-state index < -0.39 is 5.97 Å². The number of likely N-dealkylation sites (tertiary alicyclic amines) is 1. The van der Waals surface area contributed by atoms with E-state index in [0.29, 0.717) is 29.6 Å². The molecule has 0 bridgehead atoms. The molecule has 5 nitrogen and oxygen atoms in total. The van der Waals surface area contributed by atoms with Crippen molar-refractivity contribution in [1.29, 1.82) is 0 Å². The van der Waals surface area contributed by atoms with Crippen LogP contribution in [0.2, 0.25) is 5.02 Å². The fraction of sp³-hybridized carbons (Fsp3) is 0.476. The second kappa shape index (κ2) is 5.93. The Morgan fingerprint density at radius 1 is 1.19 bits per heavy atom. The largest absolute Gasteiger partial charge is 0.481 e. The molecule has 1 aromatic heterocycles. The summed E-state index contributed by atoms with van der Waals surface area (Å²) in [6.45, 7) is 1.23. The third-order valence-corrected chi connectivity index (χ3v) is 6.79. The first-order valence-electron chi connectivity index (χ1n) is 9.59. The van der Waals surface area contributed by atoms with Gasteiger partial charge in [0, 0.05) is 35.1 Å². The molecule has 1 aromatic carbocycles. The topological polar surface area (TPSA) is 70.5 Å². The predicted molar refractivity (Wildman–Crippen MR) is 102 cm³/mol. The van der Waals surface area contributed by atoms with Crippen molar-refractivity contribution in [3.8, 4) is 0 Å². The number of hydrogen-bond acceptors (Lipinski definition) is 3. The summed E-state index contributed by atoms with van der Waals surface area (Å²) in [4.78, 5) is 31.2. The highest BCUT2D eigenvalue weighted by Gasteiger charge is 2.59. The zero-order valence-electron chi connectivity index (χ0n) is 14.9. The third-order valence-electron chi connectivity index (χ3n) is 6.55. The lowest BCUT2D eigenvalue weighted by atomic mass is 9.90. The highest BCUT2D eigenvalue weighted by molar-refractivity contribution is 6.31. The van der Waals surface area contributed by atoms with Gasteiger partial charge < -0.3 is 10.0 Å². The molecule has 3 fully saturated rings. The Labute approximate surface area is 162 Å². The lowest BCUT2D eigenvalue weighted by molar-refractivity contribution is -0.139. The Balaban J connectivity index is 1.44. The van der Waals surface area contributed by atoms with E-state index in [1.165, 1.54) is 0 Å². The summed E-state index contributed by atoms with van der Waals surface area (Å²) in [5, 5.41) is 10.6. The summed E-state index contributed by atoms with van der Waals surface area (Å²) in [7, 11) is 0. The van der Waals surface area contributed by atoms with E-state index in [2.05, 4.69) is 0 Å². The van der Waals surface area contributed by atoms with E-state index in [0.717, 1.165) is 48.7 Å². The molecule has 5 rings (SSSR count). The fourth-order valence-electron chi connectivity index (χ4n) is 4.56. The van der Waals surface area contributed by atoms with Gasteiger partial charge in [0.2, 0.25) is 0 Å². The molecular weight excluding hydrogens is 364 g/mol. The van der Waals surface area contributed by atoms with Gasteiger partial charge >= 0.3 is 5.97 Å². The lowest BCUT2D eigenvalue weighted by Crippen LogP contribution is -2.40. The highest BCUT2D eigenvalue weighted by atomic mass is 35.5. The molecule has 1 atom stereocenters. The zero-order chi connectivity index (χ0) is 18.8. The third kappa shape index (κ3) is 2.89. The number of benzene rings is 1. The van der Waals surface area contributed by atoms with E-state index in [1.807, 2.05) is 29.2 Å². The van der Waals surface area contributed by atoms with Gasteiger partial charge in [0.15, 0.2) is 0 Å². The van der Waals surface area contributed by atoms with Crippen LogP contribution in [-0.2, 0) is 4.79 Å². The molecule has 2 aliphatic carbocycles. The molecule has 2 aromatic rings. The molecule has 27 heavy (non-hydrogen) atoms. The molecule has 1 saturated heterocycles. The van der Waals surface area contributed by atoms with Crippen LogP contribution in [0.3, 0.4) is 0 Å². The number of hydrogen-bond donors (Lipinski definition) is 1. The number of aliphatic carboxylic acids is 1. The highest BCUT2D eigenvalue weighted by Crippen LogP contribution is 2.59. The monoisotopic (exact) mass is 384 g/mol. The average Bonchev–Trinajstić information content (AvgIpc) is 3.57. The summed E-state index contributed by atoms with van der Waals surface area (Å²) in [5.41, 5.74) is 2.40. The summed E-state index contributed by atoms with van der Waals surface area (Å²) in [5.74, 6) is -0.451. The van der Waals surface area contributed by atoms with Gasteiger partial charge in [-0.3, -0.25) is 14.6 Å². The lowest BCUT2D eigenvalue weighted by Gasteiger charge is -2.33. The van der Waals surface area contributed by atoms with E-state index in [1.54, 1.807) is 0 Å². The number of fused-ring (bicyclic) bond motifs is 1. The minimum absolute atomic E-state index is 0.00828. The van der Waals surface area contributed by atoms with Gasteiger partial charge in [0.1, 0.15) is 0 Å². The number of aromatic nitrogens is 1. The maximum atomic E-state index is 13.3. The number of carbonyl (C=O) groups is 2. The number of pyridine rings is 1. The fourth-order valence-corrected chi connectivity index (χ4v) is 4.73. The molecule has 1 spiro atoms. The van der Waals surface area contributed by atoms with Gasteiger partial charge in [0.25, 0.3) is 5.91 Å². The van der Waals surface area contributed by atoms with Crippen LogP contribution in [0.1, 0.15) is 54.1 Å². The summed E-state index contributed by atoms with van der Waals surface area (Å²) in [6.07, 6.45) is 4.55. The van der Waals surface area contributed by atoms with Gasteiger partial charge in [-0.05, 0) is 61.8 Å². The van der Waals surface area contributed by atoms with Crippen molar-refractivity contribution in [3.05, 3.63) is 40.5 Å². The molecule has 3 aliphatic rings. The summed E-state index contributed by atoms with van der Waals surface area (Å²) < 4.78 is 0. The normalized spacial score (nSPS) is 23.6. The van der Waals surface area contributed by atoms with Crippen LogP contribution >= 0.6 is 11.6 Å². The van der Waals surface area contributed by atoms with Gasteiger partial charge in [0.05, 0.1) is 17.0 Å². The van der Waals surface area contributed by atoms with Crippen molar-refractivity contribution in [1.82, 2.24) is 9.88 Å². The van der Waals surface area contributed by atoms with Crippen LogP contribution < -0.4 is 0 Å². The standard InChI is InChI=1S/C21H21ClN2O3/c22-13-3-4-17-14(9-13)15(10-18(23-17)12-1-2-12)19(25)24-7-5-21(6-8-24)11-16(21)20(26)27/h3-4,9-10,12,16H,1-2,5-8,11H2,(H,26,27). The molecule has 1 N–H and O–H groups in total. The number of piperidine rings is 1. The van der Waals surface area contributed by atoms with E-state index in [4.69, 9.17) is 16.6 Å². The van der Waals surface area contributed by atoms with Crippen molar-refractivity contribution < 1.29 is 14.7 Å². The van der Waals surface area contributed by atoms with Crippen molar-refractivity contribution in [3.63, 3.8) is 0 Å². The Morgan fingerprint density at radius 3 is 2.56 bits per heavy atom. The minimum atomic E-state index is -0.696. The van der Waals surface area contributed by atoms with E-state index >= 15 is 0 Å². The van der Waals surface area contributed by atoms with Crippen molar-refractivity contribution in [2.75, 3.05) is 13.1 Å². The van der Waals surface area contributed by atoms with Crippen LogP contribution in [0.15, 0.2) is 24.3 Å². The Kier molecular flexibility index (Phi) is 3.73. The van der Waals surface area contributed by atoms with E-state index in [9.17, 15) is 14.7 Å². The Hall–Kier alpha value is -2.14. The van der Waals surface area contributed by atoms with Crippen molar-refractivity contribution >= 4 is 34.4 Å². The van der Waals surface area contributed by atoms with Gasteiger partial charge in [-0.1, -0.05) is 11.6 Å². The zero-order valence-corrected chi connectivity index (χ0v) is 15.7. The summed E-state index contributed by atoms with van der Waals surface area (Å²) in [6, 6.07) is 7.46. The van der Waals surface area contributed by atoms with Gasteiger partial charge in [-0.25, -0.2) is 0 Å². The number of carboxylic acid groups (broad SMARTS) is 1. The first-order chi connectivity index (χ1) is 13.0. The smallest absolute Gasteiger partial charge is 0.307 e. The number of amides is 1. The number of rotatable bonds is 3. The quantitative estimate of drug-likeness (QED) is 0.865. The Morgan fingerprint density at radius 2 is 1.93 bits per heavy atom. The molecule has 1 aliphatic heterocycles. The predicted octanol–water partition coefficient (Wildman–Crippen LogP) is 4.09. The molecule has 2 heterocycles. The Bertz CT molecular complexity index is 961. The SMILES string of the molecule is O=C(O)C1CC12CCN(C(=O)c1cc(C3CC3)nc3ccc(Cl)cc13)CC2. The number of nitrogens with zero attached hydrogens (tertiary/aromatic N) is 2.